The SMILES string of the molecule is CC(OCc1ccc(Cl)cc1)C1CC1. The van der Waals surface area contributed by atoms with Crippen molar-refractivity contribution >= 4 is 11.6 Å². The van der Waals surface area contributed by atoms with Gasteiger partial charge >= 0.3 is 0 Å². The molecule has 0 aromatic heterocycles. The monoisotopic (exact) mass is 210 g/mol. The quantitative estimate of drug-likeness (QED) is 0.737. The van der Waals surface area contributed by atoms with Gasteiger partial charge in [0, 0.05) is 5.02 Å². The Balaban J connectivity index is 1.82. The van der Waals surface area contributed by atoms with Crippen molar-refractivity contribution in [3.05, 3.63) is 34.9 Å². The average Bonchev–Trinajstić information content (AvgIpc) is 3.00. The van der Waals surface area contributed by atoms with Gasteiger partial charge < -0.3 is 4.74 Å². The summed E-state index contributed by atoms with van der Waals surface area (Å²) >= 11 is 5.79. The number of ether oxygens (including phenoxy) is 1. The van der Waals surface area contributed by atoms with Gasteiger partial charge in [-0.05, 0) is 43.4 Å². The van der Waals surface area contributed by atoms with E-state index in [2.05, 4.69) is 6.92 Å². The minimum atomic E-state index is 0.408. The molecule has 0 amide bonds. The van der Waals surface area contributed by atoms with Gasteiger partial charge in [0.15, 0.2) is 0 Å². The Bertz CT molecular complexity index is 290. The Labute approximate surface area is 90.0 Å². The summed E-state index contributed by atoms with van der Waals surface area (Å²) in [6, 6.07) is 7.84. The zero-order valence-corrected chi connectivity index (χ0v) is 9.13. The maximum atomic E-state index is 5.79. The summed E-state index contributed by atoms with van der Waals surface area (Å²) in [6.45, 7) is 2.86. The van der Waals surface area contributed by atoms with Crippen molar-refractivity contribution in [1.29, 1.82) is 0 Å². The first kappa shape index (κ1) is 10.0. The van der Waals surface area contributed by atoms with Crippen LogP contribution >= 0.6 is 11.6 Å². The van der Waals surface area contributed by atoms with Crippen LogP contribution < -0.4 is 0 Å². The molecule has 1 aliphatic rings. The molecule has 0 heterocycles. The van der Waals surface area contributed by atoms with Gasteiger partial charge in [-0.3, -0.25) is 0 Å². The number of hydrogen-bond donors (Lipinski definition) is 0. The van der Waals surface area contributed by atoms with E-state index in [4.69, 9.17) is 16.3 Å². The second-order valence-electron chi connectivity index (χ2n) is 3.98. The fourth-order valence-electron chi connectivity index (χ4n) is 1.51. The lowest BCUT2D eigenvalue weighted by Crippen LogP contribution is -2.09. The molecule has 0 saturated heterocycles. The van der Waals surface area contributed by atoms with Gasteiger partial charge in [0.25, 0.3) is 0 Å². The summed E-state index contributed by atoms with van der Waals surface area (Å²) in [7, 11) is 0. The lowest BCUT2D eigenvalue weighted by molar-refractivity contribution is 0.0387. The number of benzene rings is 1. The minimum Gasteiger partial charge on any atom is -0.374 e. The summed E-state index contributed by atoms with van der Waals surface area (Å²) in [5.74, 6) is 0.808. The van der Waals surface area contributed by atoms with Gasteiger partial charge in [0.2, 0.25) is 0 Å². The van der Waals surface area contributed by atoms with Gasteiger partial charge in [-0.25, -0.2) is 0 Å². The van der Waals surface area contributed by atoms with Gasteiger partial charge in [-0.15, -0.1) is 0 Å². The standard InChI is InChI=1S/C12H15ClO/c1-9(11-4-5-11)14-8-10-2-6-12(13)7-3-10/h2-3,6-7,9,11H,4-5,8H2,1H3. The maximum Gasteiger partial charge on any atom is 0.0720 e. The highest BCUT2D eigenvalue weighted by atomic mass is 35.5. The van der Waals surface area contributed by atoms with Crippen molar-refractivity contribution in [3.8, 4) is 0 Å². The Morgan fingerprint density at radius 3 is 2.57 bits per heavy atom. The Hall–Kier alpha value is -0.530. The van der Waals surface area contributed by atoms with Crippen molar-refractivity contribution in [2.45, 2.75) is 32.5 Å². The van der Waals surface area contributed by atoms with Gasteiger partial charge in [0.05, 0.1) is 12.7 Å². The van der Waals surface area contributed by atoms with Crippen LogP contribution in [-0.4, -0.2) is 6.10 Å². The van der Waals surface area contributed by atoms with E-state index in [1.165, 1.54) is 18.4 Å². The molecule has 2 heteroatoms. The molecule has 1 atom stereocenters. The molecule has 1 unspecified atom stereocenters. The van der Waals surface area contributed by atoms with Crippen LogP contribution in [0.1, 0.15) is 25.3 Å². The zero-order valence-electron chi connectivity index (χ0n) is 8.37. The van der Waals surface area contributed by atoms with E-state index < -0.39 is 0 Å². The van der Waals surface area contributed by atoms with Crippen LogP contribution in [-0.2, 0) is 11.3 Å². The van der Waals surface area contributed by atoms with Gasteiger partial charge in [-0.2, -0.15) is 0 Å². The lowest BCUT2D eigenvalue weighted by Gasteiger charge is -2.11. The predicted octanol–water partition coefficient (Wildman–Crippen LogP) is 3.66. The van der Waals surface area contributed by atoms with Crippen LogP contribution in [0.5, 0.6) is 0 Å². The fourth-order valence-corrected chi connectivity index (χ4v) is 1.64. The molecular formula is C12H15ClO. The topological polar surface area (TPSA) is 9.23 Å². The first-order valence-electron chi connectivity index (χ1n) is 5.12. The smallest absolute Gasteiger partial charge is 0.0720 e. The van der Waals surface area contributed by atoms with Crippen LogP contribution in [0.25, 0.3) is 0 Å². The molecule has 1 aromatic carbocycles. The summed E-state index contributed by atoms with van der Waals surface area (Å²) < 4.78 is 5.75. The van der Waals surface area contributed by atoms with E-state index in [1.54, 1.807) is 0 Å². The molecule has 0 bridgehead atoms. The highest BCUT2D eigenvalue weighted by molar-refractivity contribution is 6.30. The van der Waals surface area contributed by atoms with E-state index in [-0.39, 0.29) is 0 Å². The van der Waals surface area contributed by atoms with Crippen LogP contribution in [0.3, 0.4) is 0 Å². The summed E-state index contributed by atoms with van der Waals surface area (Å²) in [5, 5.41) is 0.781. The molecule has 76 valence electrons. The molecule has 1 saturated carbocycles. The predicted molar refractivity (Wildman–Crippen MR) is 58.4 cm³/mol. The molecule has 0 aliphatic heterocycles. The van der Waals surface area contributed by atoms with E-state index in [0.717, 1.165) is 10.9 Å². The Morgan fingerprint density at radius 1 is 1.36 bits per heavy atom. The van der Waals surface area contributed by atoms with E-state index >= 15 is 0 Å². The Kier molecular flexibility index (Phi) is 3.09. The lowest BCUT2D eigenvalue weighted by atomic mass is 10.2. The van der Waals surface area contributed by atoms with E-state index in [0.29, 0.717) is 12.7 Å². The van der Waals surface area contributed by atoms with Crippen LogP contribution in [0.2, 0.25) is 5.02 Å². The van der Waals surface area contributed by atoms with Crippen molar-refractivity contribution in [1.82, 2.24) is 0 Å². The summed E-state index contributed by atoms with van der Waals surface area (Å²) in [5.41, 5.74) is 1.20. The Morgan fingerprint density at radius 2 is 2.00 bits per heavy atom. The molecule has 0 radical (unpaired) electrons. The van der Waals surface area contributed by atoms with Crippen LogP contribution in [0.4, 0.5) is 0 Å². The summed E-state index contributed by atoms with van der Waals surface area (Å²) in [6.07, 6.45) is 3.08. The molecular weight excluding hydrogens is 196 g/mol. The third-order valence-electron chi connectivity index (χ3n) is 2.71. The normalized spacial score (nSPS) is 18.1. The molecule has 2 rings (SSSR count). The molecule has 0 spiro atoms. The zero-order chi connectivity index (χ0) is 9.97. The second-order valence-corrected chi connectivity index (χ2v) is 4.42. The van der Waals surface area contributed by atoms with Crippen LogP contribution in [0.15, 0.2) is 24.3 Å². The number of halogens is 1. The first-order chi connectivity index (χ1) is 6.75. The van der Waals surface area contributed by atoms with E-state index in [1.807, 2.05) is 24.3 Å². The highest BCUT2D eigenvalue weighted by Crippen LogP contribution is 2.34. The van der Waals surface area contributed by atoms with Crippen molar-refractivity contribution in [2.24, 2.45) is 5.92 Å². The molecule has 1 aromatic rings. The molecule has 1 nitrogen and oxygen atoms in total. The van der Waals surface area contributed by atoms with Gasteiger partial charge in [-0.1, -0.05) is 23.7 Å². The fraction of sp³-hybridized carbons (Fsp3) is 0.500. The first-order valence-corrected chi connectivity index (χ1v) is 5.49. The van der Waals surface area contributed by atoms with Crippen molar-refractivity contribution < 1.29 is 4.74 Å². The second kappa shape index (κ2) is 4.33. The van der Waals surface area contributed by atoms with Crippen LogP contribution in [0, 0.1) is 5.92 Å². The molecule has 14 heavy (non-hydrogen) atoms. The van der Waals surface area contributed by atoms with E-state index in [9.17, 15) is 0 Å². The van der Waals surface area contributed by atoms with Crippen molar-refractivity contribution in [2.75, 3.05) is 0 Å². The molecule has 0 N–H and O–H groups in total. The maximum absolute atomic E-state index is 5.79. The van der Waals surface area contributed by atoms with Gasteiger partial charge in [0.1, 0.15) is 0 Å². The summed E-state index contributed by atoms with van der Waals surface area (Å²) in [4.78, 5) is 0. The third-order valence-corrected chi connectivity index (χ3v) is 2.96. The molecule has 1 aliphatic carbocycles. The van der Waals surface area contributed by atoms with Crippen molar-refractivity contribution in [3.63, 3.8) is 0 Å². The average molecular weight is 211 g/mol. The number of rotatable bonds is 4. The largest absolute Gasteiger partial charge is 0.374 e. The minimum absolute atomic E-state index is 0.408. The molecule has 1 fully saturated rings. The highest BCUT2D eigenvalue weighted by Gasteiger charge is 2.28. The number of hydrogen-bond acceptors (Lipinski definition) is 1. The third kappa shape index (κ3) is 2.73.